The number of nitrogens with two attached hydrogens (primary N) is 1. The highest BCUT2D eigenvalue weighted by atomic mass is 16.5. The smallest absolute Gasteiger partial charge is 0.243 e. The van der Waals surface area contributed by atoms with Crippen molar-refractivity contribution in [1.29, 1.82) is 0 Å². The van der Waals surface area contributed by atoms with E-state index in [4.69, 9.17) is 10.3 Å². The Kier molecular flexibility index (Phi) is 3.02. The van der Waals surface area contributed by atoms with E-state index in [0.717, 1.165) is 31.8 Å². The quantitative estimate of drug-likeness (QED) is 0.785. The molecule has 15 heavy (non-hydrogen) atoms. The maximum Gasteiger partial charge on any atom is 0.243 e. The molecule has 1 aromatic rings. The molecule has 1 aromatic heterocycles. The van der Waals surface area contributed by atoms with Crippen LogP contribution in [0.3, 0.4) is 0 Å². The molecule has 1 aliphatic rings. The predicted molar refractivity (Wildman–Crippen MR) is 56.4 cm³/mol. The number of hydrogen-bond acceptors (Lipinski definition) is 5. The second kappa shape index (κ2) is 4.28. The first-order chi connectivity index (χ1) is 7.16. The van der Waals surface area contributed by atoms with Crippen molar-refractivity contribution in [3.8, 4) is 0 Å². The van der Waals surface area contributed by atoms with E-state index in [1.807, 2.05) is 6.92 Å². The van der Waals surface area contributed by atoms with Crippen molar-refractivity contribution < 1.29 is 4.52 Å². The van der Waals surface area contributed by atoms with Crippen LogP contribution in [0.1, 0.15) is 43.4 Å². The van der Waals surface area contributed by atoms with Gasteiger partial charge >= 0.3 is 0 Å². The topological polar surface area (TPSA) is 68.2 Å². The summed E-state index contributed by atoms with van der Waals surface area (Å²) in [5.74, 6) is 1.82. The largest absolute Gasteiger partial charge is 0.338 e. The summed E-state index contributed by atoms with van der Waals surface area (Å²) in [5, 5.41) is 4.00. The highest BCUT2D eigenvalue weighted by Crippen LogP contribution is 2.25. The highest BCUT2D eigenvalue weighted by molar-refractivity contribution is 4.99. The van der Waals surface area contributed by atoms with Gasteiger partial charge in [0, 0.05) is 5.92 Å². The Morgan fingerprint density at radius 2 is 2.13 bits per heavy atom. The molecule has 2 rings (SSSR count). The molecule has 1 unspecified atom stereocenters. The minimum Gasteiger partial charge on any atom is -0.338 e. The second-order valence-corrected chi connectivity index (χ2v) is 4.36. The molecule has 1 aliphatic heterocycles. The van der Waals surface area contributed by atoms with Crippen molar-refractivity contribution in [1.82, 2.24) is 15.0 Å². The average molecular weight is 210 g/mol. The molecule has 0 bridgehead atoms. The zero-order valence-corrected chi connectivity index (χ0v) is 9.31. The van der Waals surface area contributed by atoms with E-state index in [-0.39, 0.29) is 6.04 Å². The predicted octanol–water partition coefficient (Wildman–Crippen LogP) is 0.899. The maximum atomic E-state index is 5.67. The summed E-state index contributed by atoms with van der Waals surface area (Å²) in [5.41, 5.74) is 5.67. The minimum atomic E-state index is -0.169. The summed E-state index contributed by atoms with van der Waals surface area (Å²) in [6.45, 7) is 4.06. The third-order valence-electron chi connectivity index (χ3n) is 2.93. The molecule has 1 saturated heterocycles. The van der Waals surface area contributed by atoms with Gasteiger partial charge in [-0.2, -0.15) is 4.98 Å². The molecule has 0 aromatic carbocycles. The van der Waals surface area contributed by atoms with Crippen LogP contribution in [-0.2, 0) is 0 Å². The van der Waals surface area contributed by atoms with E-state index in [1.165, 1.54) is 0 Å². The molecule has 0 saturated carbocycles. The Morgan fingerprint density at radius 1 is 1.47 bits per heavy atom. The van der Waals surface area contributed by atoms with Crippen molar-refractivity contribution in [2.24, 2.45) is 5.73 Å². The lowest BCUT2D eigenvalue weighted by Gasteiger charge is -2.26. The van der Waals surface area contributed by atoms with Gasteiger partial charge in [0.2, 0.25) is 5.89 Å². The van der Waals surface area contributed by atoms with Crippen LogP contribution in [0, 0.1) is 0 Å². The van der Waals surface area contributed by atoms with Gasteiger partial charge in [0.15, 0.2) is 5.82 Å². The molecule has 0 radical (unpaired) electrons. The van der Waals surface area contributed by atoms with E-state index in [0.29, 0.717) is 11.8 Å². The first-order valence-electron chi connectivity index (χ1n) is 5.44. The molecular formula is C10H18N4O. The Hall–Kier alpha value is -0.940. The van der Waals surface area contributed by atoms with Crippen molar-refractivity contribution in [2.75, 3.05) is 20.1 Å². The fourth-order valence-corrected chi connectivity index (χ4v) is 1.86. The van der Waals surface area contributed by atoms with E-state index in [9.17, 15) is 0 Å². The van der Waals surface area contributed by atoms with Gasteiger partial charge in [0.25, 0.3) is 0 Å². The molecule has 0 aliphatic carbocycles. The molecule has 84 valence electrons. The Balaban J connectivity index is 2.03. The van der Waals surface area contributed by atoms with Crippen LogP contribution in [0.5, 0.6) is 0 Å². The standard InChI is InChI=1S/C10H18N4O/c1-7(11)10-12-9(13-15-10)8-3-5-14(2)6-4-8/h7-8H,3-6,11H2,1-2H3. The van der Waals surface area contributed by atoms with Crippen LogP contribution in [0.25, 0.3) is 0 Å². The van der Waals surface area contributed by atoms with Crippen LogP contribution in [-0.4, -0.2) is 35.2 Å². The molecule has 0 amide bonds. The van der Waals surface area contributed by atoms with Gasteiger partial charge in [-0.25, -0.2) is 0 Å². The minimum absolute atomic E-state index is 0.169. The maximum absolute atomic E-state index is 5.67. The zero-order chi connectivity index (χ0) is 10.8. The van der Waals surface area contributed by atoms with Crippen molar-refractivity contribution in [3.05, 3.63) is 11.7 Å². The summed E-state index contributed by atoms with van der Waals surface area (Å²) in [4.78, 5) is 6.66. The Bertz CT molecular complexity index is 315. The molecule has 5 heteroatoms. The normalized spacial score (nSPS) is 21.8. The van der Waals surface area contributed by atoms with Gasteiger partial charge in [-0.3, -0.25) is 0 Å². The molecule has 2 heterocycles. The fourth-order valence-electron chi connectivity index (χ4n) is 1.86. The van der Waals surface area contributed by atoms with Crippen molar-refractivity contribution >= 4 is 0 Å². The highest BCUT2D eigenvalue weighted by Gasteiger charge is 2.23. The van der Waals surface area contributed by atoms with Gasteiger partial charge in [0.1, 0.15) is 0 Å². The second-order valence-electron chi connectivity index (χ2n) is 4.36. The average Bonchev–Trinajstić information content (AvgIpc) is 2.68. The first kappa shape index (κ1) is 10.6. The van der Waals surface area contributed by atoms with Crippen LogP contribution in [0.2, 0.25) is 0 Å². The first-order valence-corrected chi connectivity index (χ1v) is 5.44. The van der Waals surface area contributed by atoms with Gasteiger partial charge in [-0.05, 0) is 39.9 Å². The monoisotopic (exact) mass is 210 g/mol. The van der Waals surface area contributed by atoms with Crippen molar-refractivity contribution in [2.45, 2.75) is 31.7 Å². The lowest BCUT2D eigenvalue weighted by atomic mass is 9.97. The summed E-state index contributed by atoms with van der Waals surface area (Å²) in [6.07, 6.45) is 2.21. The van der Waals surface area contributed by atoms with E-state index in [1.54, 1.807) is 0 Å². The zero-order valence-electron chi connectivity index (χ0n) is 9.31. The fraction of sp³-hybridized carbons (Fsp3) is 0.800. The van der Waals surface area contributed by atoms with Crippen LogP contribution >= 0.6 is 0 Å². The lowest BCUT2D eigenvalue weighted by molar-refractivity contribution is 0.247. The SMILES string of the molecule is CC(N)c1nc(C2CCN(C)CC2)no1. The number of likely N-dealkylation sites (tertiary alicyclic amines) is 1. The Labute approximate surface area is 89.6 Å². The van der Waals surface area contributed by atoms with E-state index >= 15 is 0 Å². The summed E-state index contributed by atoms with van der Waals surface area (Å²) in [7, 11) is 2.14. The van der Waals surface area contributed by atoms with Gasteiger partial charge in [-0.1, -0.05) is 5.16 Å². The van der Waals surface area contributed by atoms with Crippen LogP contribution < -0.4 is 5.73 Å². The lowest BCUT2D eigenvalue weighted by Crippen LogP contribution is -2.29. The molecule has 2 N–H and O–H groups in total. The molecule has 1 fully saturated rings. The van der Waals surface area contributed by atoms with Crippen LogP contribution in [0.15, 0.2) is 4.52 Å². The third-order valence-corrected chi connectivity index (χ3v) is 2.93. The molecule has 0 spiro atoms. The van der Waals surface area contributed by atoms with E-state index in [2.05, 4.69) is 22.1 Å². The van der Waals surface area contributed by atoms with Crippen molar-refractivity contribution in [3.63, 3.8) is 0 Å². The third kappa shape index (κ3) is 2.35. The number of piperidine rings is 1. The van der Waals surface area contributed by atoms with Gasteiger partial charge in [0.05, 0.1) is 6.04 Å². The summed E-state index contributed by atoms with van der Waals surface area (Å²) < 4.78 is 5.11. The summed E-state index contributed by atoms with van der Waals surface area (Å²) in [6, 6.07) is -0.169. The van der Waals surface area contributed by atoms with Gasteiger partial charge < -0.3 is 15.2 Å². The summed E-state index contributed by atoms with van der Waals surface area (Å²) >= 11 is 0. The number of rotatable bonds is 2. The van der Waals surface area contributed by atoms with Crippen LogP contribution in [0.4, 0.5) is 0 Å². The number of nitrogens with zero attached hydrogens (tertiary/aromatic N) is 3. The molecular weight excluding hydrogens is 192 g/mol. The number of hydrogen-bond donors (Lipinski definition) is 1. The van der Waals surface area contributed by atoms with E-state index < -0.39 is 0 Å². The Morgan fingerprint density at radius 3 is 2.67 bits per heavy atom. The molecule has 1 atom stereocenters. The molecule has 5 nitrogen and oxygen atoms in total. The van der Waals surface area contributed by atoms with Gasteiger partial charge in [-0.15, -0.1) is 0 Å². The number of aromatic nitrogens is 2.